The monoisotopic (exact) mass is 217 g/mol. The summed E-state index contributed by atoms with van der Waals surface area (Å²) in [5.41, 5.74) is 0. The predicted molar refractivity (Wildman–Crippen MR) is 53.9 cm³/mol. The summed E-state index contributed by atoms with van der Waals surface area (Å²) < 4.78 is 14.8. The second kappa shape index (κ2) is 6.03. The van der Waals surface area contributed by atoms with Gasteiger partial charge in [0.2, 0.25) is 0 Å². The third kappa shape index (κ3) is 4.62. The van der Waals surface area contributed by atoms with Gasteiger partial charge in [0.05, 0.1) is 25.7 Å². The molecule has 0 aliphatic carbocycles. The van der Waals surface area contributed by atoms with E-state index >= 15 is 0 Å². The molecule has 1 fully saturated rings. The van der Waals surface area contributed by atoms with E-state index in [1.54, 1.807) is 0 Å². The highest BCUT2D eigenvalue weighted by Crippen LogP contribution is 2.06. The predicted octanol–water partition coefficient (Wildman–Crippen LogP) is 1.68. The molecule has 0 radical (unpaired) electrons. The van der Waals surface area contributed by atoms with Crippen molar-refractivity contribution in [2.24, 2.45) is 0 Å². The van der Waals surface area contributed by atoms with E-state index in [0.717, 1.165) is 13.0 Å². The molecule has 1 rings (SSSR count). The summed E-state index contributed by atoms with van der Waals surface area (Å²) in [5.74, 6) is 0. The molecular formula is C9H17O4Si+. The number of ether oxygens (including phenoxy) is 3. The number of hydrogen-bond acceptors (Lipinski definition) is 4. The van der Waals surface area contributed by atoms with E-state index in [1.807, 2.05) is 0 Å². The fourth-order valence-electron chi connectivity index (χ4n) is 1.19. The maximum absolute atomic E-state index is 10.5. The van der Waals surface area contributed by atoms with Gasteiger partial charge in [-0.25, -0.2) is 4.79 Å². The molecule has 0 bridgehead atoms. The lowest BCUT2D eigenvalue weighted by Crippen LogP contribution is -2.18. The van der Waals surface area contributed by atoms with Crippen molar-refractivity contribution < 1.29 is 19.0 Å². The molecule has 0 aromatic rings. The maximum atomic E-state index is 10.5. The smallest absolute Gasteiger partial charge is 0.430 e. The molecule has 0 N–H and O–H groups in total. The van der Waals surface area contributed by atoms with Gasteiger partial charge in [-0.3, -0.25) is 0 Å². The lowest BCUT2D eigenvalue weighted by Gasteiger charge is -2.06. The van der Waals surface area contributed by atoms with Gasteiger partial charge in [-0.05, 0) is 6.42 Å². The van der Waals surface area contributed by atoms with Crippen molar-refractivity contribution in [3.63, 3.8) is 0 Å². The summed E-state index contributed by atoms with van der Waals surface area (Å²) in [6.07, 6.45) is 0.324. The molecular weight excluding hydrogens is 200 g/mol. The number of cyclic esters (lactones) is 2. The number of carbonyl (C=O) groups excluding carboxylic acids is 1. The van der Waals surface area contributed by atoms with E-state index in [4.69, 9.17) is 9.47 Å². The third-order valence-corrected chi connectivity index (χ3v) is 3.27. The van der Waals surface area contributed by atoms with Gasteiger partial charge in [0, 0.05) is 6.61 Å². The highest BCUT2D eigenvalue weighted by atomic mass is 28.3. The summed E-state index contributed by atoms with van der Waals surface area (Å²) >= 11 is 0. The third-order valence-electron chi connectivity index (χ3n) is 1.92. The Balaban J connectivity index is 1.91. The second-order valence-corrected chi connectivity index (χ2v) is 6.60. The first-order valence-electron chi connectivity index (χ1n) is 4.88. The van der Waals surface area contributed by atoms with Crippen LogP contribution >= 0.6 is 0 Å². The molecule has 5 heteroatoms. The largest absolute Gasteiger partial charge is 0.508 e. The SMILES string of the molecule is C[Si+](C)CCCOCC1COC(=O)O1. The van der Waals surface area contributed by atoms with Gasteiger partial charge in [-0.2, -0.15) is 0 Å². The Hall–Kier alpha value is -0.553. The van der Waals surface area contributed by atoms with Gasteiger partial charge in [0.1, 0.15) is 6.61 Å². The average Bonchev–Trinajstić information content (AvgIpc) is 2.50. The fraction of sp³-hybridized carbons (Fsp3) is 0.889. The van der Waals surface area contributed by atoms with Crippen LogP contribution in [0.4, 0.5) is 4.79 Å². The van der Waals surface area contributed by atoms with Crippen LogP contribution in [0, 0.1) is 0 Å². The van der Waals surface area contributed by atoms with Crippen LogP contribution < -0.4 is 0 Å². The van der Waals surface area contributed by atoms with Crippen molar-refractivity contribution >= 4 is 15.0 Å². The quantitative estimate of drug-likeness (QED) is 0.386. The van der Waals surface area contributed by atoms with Crippen molar-refractivity contribution in [2.45, 2.75) is 31.7 Å². The summed E-state index contributed by atoms with van der Waals surface area (Å²) in [7, 11) is -0.132. The molecule has 0 saturated carbocycles. The first-order valence-corrected chi connectivity index (χ1v) is 7.59. The Morgan fingerprint density at radius 1 is 1.57 bits per heavy atom. The Bertz CT molecular complexity index is 184. The number of hydrogen-bond donors (Lipinski definition) is 0. The maximum Gasteiger partial charge on any atom is 0.508 e. The molecule has 14 heavy (non-hydrogen) atoms. The standard InChI is InChI=1S/C9H17O4Si/c1-14(2)5-3-4-11-6-8-7-12-9(10)13-8/h8H,3-7H2,1-2H3/q+1. The summed E-state index contributed by atoms with van der Waals surface area (Å²) in [5, 5.41) is 0. The van der Waals surface area contributed by atoms with Crippen molar-refractivity contribution in [1.29, 1.82) is 0 Å². The zero-order valence-corrected chi connectivity index (χ0v) is 9.75. The molecule has 0 aromatic heterocycles. The van der Waals surface area contributed by atoms with E-state index < -0.39 is 6.16 Å². The highest BCUT2D eigenvalue weighted by Gasteiger charge is 2.24. The number of carbonyl (C=O) groups is 1. The van der Waals surface area contributed by atoms with Gasteiger partial charge < -0.3 is 14.2 Å². The van der Waals surface area contributed by atoms with Gasteiger partial charge in [0.25, 0.3) is 0 Å². The van der Waals surface area contributed by atoms with Crippen molar-refractivity contribution in [2.75, 3.05) is 19.8 Å². The van der Waals surface area contributed by atoms with Crippen LogP contribution in [0.2, 0.25) is 19.1 Å². The van der Waals surface area contributed by atoms with Crippen LogP contribution in [0.15, 0.2) is 0 Å². The molecule has 80 valence electrons. The highest BCUT2D eigenvalue weighted by molar-refractivity contribution is 6.55. The van der Waals surface area contributed by atoms with E-state index in [9.17, 15) is 4.79 Å². The Labute approximate surface area is 86.1 Å². The molecule has 1 heterocycles. The van der Waals surface area contributed by atoms with Crippen LogP contribution in [0.5, 0.6) is 0 Å². The van der Waals surface area contributed by atoms with Gasteiger partial charge in [-0.1, -0.05) is 0 Å². The van der Waals surface area contributed by atoms with E-state index in [1.165, 1.54) is 6.04 Å². The summed E-state index contributed by atoms with van der Waals surface area (Å²) in [6.45, 7) is 6.12. The molecule has 1 unspecified atom stereocenters. The van der Waals surface area contributed by atoms with Crippen LogP contribution in [0.25, 0.3) is 0 Å². The van der Waals surface area contributed by atoms with E-state index in [0.29, 0.717) is 13.2 Å². The molecule has 1 aliphatic rings. The first-order chi connectivity index (χ1) is 6.68. The van der Waals surface area contributed by atoms with E-state index in [-0.39, 0.29) is 14.9 Å². The minimum absolute atomic E-state index is 0.132. The Morgan fingerprint density at radius 3 is 2.93 bits per heavy atom. The summed E-state index contributed by atoms with van der Waals surface area (Å²) in [4.78, 5) is 10.5. The molecule has 1 atom stereocenters. The van der Waals surface area contributed by atoms with Crippen molar-refractivity contribution in [1.82, 2.24) is 0 Å². The zero-order valence-electron chi connectivity index (χ0n) is 8.75. The van der Waals surface area contributed by atoms with Crippen LogP contribution in [0.3, 0.4) is 0 Å². The van der Waals surface area contributed by atoms with E-state index in [2.05, 4.69) is 17.8 Å². The first kappa shape index (κ1) is 11.5. The average molecular weight is 217 g/mol. The zero-order chi connectivity index (χ0) is 10.4. The normalized spacial score (nSPS) is 20.4. The minimum Gasteiger partial charge on any atom is -0.430 e. The van der Waals surface area contributed by atoms with Crippen LogP contribution in [0.1, 0.15) is 6.42 Å². The second-order valence-electron chi connectivity index (χ2n) is 3.69. The molecule has 4 nitrogen and oxygen atoms in total. The topological polar surface area (TPSA) is 44.8 Å². The lowest BCUT2D eigenvalue weighted by atomic mass is 10.4. The molecule has 1 saturated heterocycles. The van der Waals surface area contributed by atoms with Crippen LogP contribution in [-0.4, -0.2) is 40.9 Å². The minimum atomic E-state index is -0.578. The van der Waals surface area contributed by atoms with Crippen molar-refractivity contribution in [3.05, 3.63) is 0 Å². The number of rotatable bonds is 6. The fourth-order valence-corrected chi connectivity index (χ4v) is 2.04. The van der Waals surface area contributed by atoms with Gasteiger partial charge in [0.15, 0.2) is 6.10 Å². The van der Waals surface area contributed by atoms with Gasteiger partial charge in [-0.15, -0.1) is 0 Å². The molecule has 0 spiro atoms. The molecule has 0 amide bonds. The molecule has 0 aromatic carbocycles. The lowest BCUT2D eigenvalue weighted by molar-refractivity contribution is 0.0462. The summed E-state index contributed by atoms with van der Waals surface area (Å²) in [6, 6.07) is 1.27. The van der Waals surface area contributed by atoms with Gasteiger partial charge >= 0.3 is 15.0 Å². The molecule has 1 aliphatic heterocycles. The Morgan fingerprint density at radius 2 is 2.36 bits per heavy atom. The Kier molecular flexibility index (Phi) is 4.96. The van der Waals surface area contributed by atoms with Crippen molar-refractivity contribution in [3.8, 4) is 0 Å². The van der Waals surface area contributed by atoms with Crippen LogP contribution in [-0.2, 0) is 14.2 Å².